The highest BCUT2D eigenvalue weighted by molar-refractivity contribution is 5.81. The molecule has 1 amide bonds. The topological polar surface area (TPSA) is 71.3 Å². The second-order valence-corrected chi connectivity index (χ2v) is 7.06. The minimum absolute atomic E-state index is 0.00169. The molecule has 8 heteroatoms. The van der Waals surface area contributed by atoms with Gasteiger partial charge in [0.1, 0.15) is 23.1 Å². The number of fused-ring (bicyclic) bond motifs is 1. The summed E-state index contributed by atoms with van der Waals surface area (Å²) in [5.41, 5.74) is 1.31. The summed E-state index contributed by atoms with van der Waals surface area (Å²) in [6.45, 7) is 0.532. The molecule has 3 aromatic heterocycles. The molecule has 1 fully saturated rings. The Bertz CT molecular complexity index is 972. The van der Waals surface area contributed by atoms with E-state index in [-0.39, 0.29) is 29.5 Å². The van der Waals surface area contributed by atoms with E-state index in [0.29, 0.717) is 43.7 Å². The van der Waals surface area contributed by atoms with Crippen molar-refractivity contribution in [2.45, 2.75) is 31.7 Å². The standard InChI is InChI=1S/C20H21F2N5O/c21-14-4-6-18(24-11-14)25-12-15-10-13(20(28)26-15)2-1-3-17-16(22)5-7-19-23-8-9-27(17)19/h4-9,11,13,15H,1-3,10,12H2,(H,24,25)(H,26,28)/t13?,15-/m0/s1. The lowest BCUT2D eigenvalue weighted by Crippen LogP contribution is -2.32. The molecule has 0 aromatic carbocycles. The van der Waals surface area contributed by atoms with Gasteiger partial charge in [-0.2, -0.15) is 0 Å². The fourth-order valence-electron chi connectivity index (χ4n) is 3.70. The Kier molecular flexibility index (Phi) is 5.18. The van der Waals surface area contributed by atoms with Crippen molar-refractivity contribution in [1.82, 2.24) is 19.7 Å². The van der Waals surface area contributed by atoms with Gasteiger partial charge in [-0.05, 0) is 49.9 Å². The van der Waals surface area contributed by atoms with E-state index in [1.807, 2.05) is 0 Å². The van der Waals surface area contributed by atoms with E-state index in [0.717, 1.165) is 11.8 Å². The number of hydrogen-bond acceptors (Lipinski definition) is 4. The molecule has 4 heterocycles. The average Bonchev–Trinajstić information content (AvgIpc) is 3.30. The zero-order chi connectivity index (χ0) is 19.5. The Morgan fingerprint density at radius 1 is 1.21 bits per heavy atom. The summed E-state index contributed by atoms with van der Waals surface area (Å²) in [6, 6.07) is 5.99. The quantitative estimate of drug-likeness (QED) is 0.656. The summed E-state index contributed by atoms with van der Waals surface area (Å²) >= 11 is 0. The van der Waals surface area contributed by atoms with E-state index in [1.54, 1.807) is 28.9 Å². The number of pyridine rings is 2. The summed E-state index contributed by atoms with van der Waals surface area (Å²) in [5.74, 6) is -0.126. The third kappa shape index (κ3) is 3.95. The number of hydrogen-bond donors (Lipinski definition) is 2. The highest BCUT2D eigenvalue weighted by Gasteiger charge is 2.31. The normalized spacial score (nSPS) is 19.1. The van der Waals surface area contributed by atoms with E-state index in [4.69, 9.17) is 0 Å². The number of rotatable bonds is 7. The third-order valence-corrected chi connectivity index (χ3v) is 5.12. The van der Waals surface area contributed by atoms with E-state index in [1.165, 1.54) is 12.1 Å². The third-order valence-electron chi connectivity index (χ3n) is 5.12. The van der Waals surface area contributed by atoms with Crippen LogP contribution in [0, 0.1) is 17.6 Å². The van der Waals surface area contributed by atoms with Gasteiger partial charge in [0, 0.05) is 30.9 Å². The second-order valence-electron chi connectivity index (χ2n) is 7.06. The number of aromatic nitrogens is 3. The monoisotopic (exact) mass is 385 g/mol. The Morgan fingerprint density at radius 3 is 2.93 bits per heavy atom. The van der Waals surface area contributed by atoms with Crippen LogP contribution in [0.1, 0.15) is 25.0 Å². The van der Waals surface area contributed by atoms with E-state index < -0.39 is 0 Å². The van der Waals surface area contributed by atoms with Gasteiger partial charge in [-0.15, -0.1) is 0 Å². The Labute approximate surface area is 161 Å². The van der Waals surface area contributed by atoms with Crippen LogP contribution in [0.5, 0.6) is 0 Å². The van der Waals surface area contributed by atoms with Crippen LogP contribution in [0.25, 0.3) is 5.65 Å². The number of imidazole rings is 1. The molecule has 0 radical (unpaired) electrons. The van der Waals surface area contributed by atoms with Gasteiger partial charge >= 0.3 is 0 Å². The molecule has 146 valence electrons. The fraction of sp³-hybridized carbons (Fsp3) is 0.350. The maximum atomic E-state index is 14.2. The lowest BCUT2D eigenvalue weighted by Gasteiger charge is -2.12. The molecule has 0 bridgehead atoms. The minimum atomic E-state index is -0.386. The maximum Gasteiger partial charge on any atom is 0.223 e. The van der Waals surface area contributed by atoms with Crippen molar-refractivity contribution in [2.24, 2.45) is 5.92 Å². The van der Waals surface area contributed by atoms with Crippen LogP contribution >= 0.6 is 0 Å². The fourth-order valence-corrected chi connectivity index (χ4v) is 3.70. The van der Waals surface area contributed by atoms with Gasteiger partial charge < -0.3 is 15.0 Å². The van der Waals surface area contributed by atoms with Crippen LogP contribution in [-0.4, -0.2) is 32.9 Å². The minimum Gasteiger partial charge on any atom is -0.368 e. The number of halogens is 2. The number of carbonyl (C=O) groups excluding carboxylic acids is 1. The predicted octanol–water partition coefficient (Wildman–Crippen LogP) is 2.95. The lowest BCUT2D eigenvalue weighted by atomic mass is 9.97. The molecular formula is C20H21F2N5O. The summed E-state index contributed by atoms with van der Waals surface area (Å²) in [6.07, 6.45) is 7.22. The van der Waals surface area contributed by atoms with Crippen molar-refractivity contribution < 1.29 is 13.6 Å². The van der Waals surface area contributed by atoms with Crippen LogP contribution < -0.4 is 10.6 Å². The van der Waals surface area contributed by atoms with Crippen LogP contribution in [0.2, 0.25) is 0 Å². The summed E-state index contributed by atoms with van der Waals surface area (Å²) < 4.78 is 28.8. The van der Waals surface area contributed by atoms with Gasteiger partial charge in [0.2, 0.25) is 5.91 Å². The molecule has 1 unspecified atom stereocenters. The zero-order valence-electron chi connectivity index (χ0n) is 15.2. The SMILES string of the molecule is O=C1N[C@H](CNc2ccc(F)cn2)CC1CCCc1c(F)ccc2nccn12. The van der Waals surface area contributed by atoms with Crippen LogP contribution in [0.15, 0.2) is 42.9 Å². The molecule has 0 saturated carbocycles. The lowest BCUT2D eigenvalue weighted by molar-refractivity contribution is -0.122. The number of carbonyl (C=O) groups is 1. The molecule has 3 aromatic rings. The summed E-state index contributed by atoms with van der Waals surface area (Å²) in [4.78, 5) is 20.4. The number of amides is 1. The predicted molar refractivity (Wildman–Crippen MR) is 101 cm³/mol. The van der Waals surface area contributed by atoms with Crippen LogP contribution in [0.4, 0.5) is 14.6 Å². The largest absolute Gasteiger partial charge is 0.368 e. The molecular weight excluding hydrogens is 364 g/mol. The van der Waals surface area contributed by atoms with Crippen molar-refractivity contribution in [3.8, 4) is 0 Å². The first-order chi connectivity index (χ1) is 13.6. The summed E-state index contributed by atoms with van der Waals surface area (Å²) in [5, 5.41) is 6.09. The van der Waals surface area contributed by atoms with E-state index in [9.17, 15) is 13.6 Å². The summed E-state index contributed by atoms with van der Waals surface area (Å²) in [7, 11) is 0. The molecule has 28 heavy (non-hydrogen) atoms. The van der Waals surface area contributed by atoms with Crippen molar-refractivity contribution in [1.29, 1.82) is 0 Å². The van der Waals surface area contributed by atoms with Crippen LogP contribution in [0.3, 0.4) is 0 Å². The number of aryl methyl sites for hydroxylation is 1. The highest BCUT2D eigenvalue weighted by atomic mass is 19.1. The molecule has 2 N–H and O–H groups in total. The molecule has 1 aliphatic heterocycles. The smallest absolute Gasteiger partial charge is 0.223 e. The van der Waals surface area contributed by atoms with Gasteiger partial charge in [0.15, 0.2) is 0 Å². The molecule has 0 aliphatic carbocycles. The van der Waals surface area contributed by atoms with Gasteiger partial charge in [-0.1, -0.05) is 0 Å². The van der Waals surface area contributed by atoms with Gasteiger partial charge in [-0.25, -0.2) is 18.7 Å². The Hall–Kier alpha value is -3.03. The molecule has 0 spiro atoms. The Morgan fingerprint density at radius 2 is 2.11 bits per heavy atom. The highest BCUT2D eigenvalue weighted by Crippen LogP contribution is 2.23. The maximum absolute atomic E-state index is 14.2. The van der Waals surface area contributed by atoms with Crippen molar-refractivity contribution in [3.05, 3.63) is 60.2 Å². The van der Waals surface area contributed by atoms with Gasteiger partial charge in [0.05, 0.1) is 11.9 Å². The van der Waals surface area contributed by atoms with Crippen molar-refractivity contribution in [2.75, 3.05) is 11.9 Å². The van der Waals surface area contributed by atoms with Crippen molar-refractivity contribution in [3.63, 3.8) is 0 Å². The van der Waals surface area contributed by atoms with Gasteiger partial charge in [0.25, 0.3) is 0 Å². The molecule has 4 rings (SSSR count). The van der Waals surface area contributed by atoms with E-state index in [2.05, 4.69) is 20.6 Å². The number of nitrogens with one attached hydrogen (secondary N) is 2. The second kappa shape index (κ2) is 7.92. The molecule has 1 aliphatic rings. The van der Waals surface area contributed by atoms with Crippen molar-refractivity contribution >= 4 is 17.4 Å². The van der Waals surface area contributed by atoms with Gasteiger partial charge in [-0.3, -0.25) is 4.79 Å². The molecule has 6 nitrogen and oxygen atoms in total. The molecule has 1 saturated heterocycles. The average molecular weight is 385 g/mol. The first kappa shape index (κ1) is 18.3. The Balaban J connectivity index is 1.28. The van der Waals surface area contributed by atoms with E-state index >= 15 is 0 Å². The first-order valence-corrected chi connectivity index (χ1v) is 9.36. The zero-order valence-corrected chi connectivity index (χ0v) is 15.2. The number of anilines is 1. The number of nitrogens with zero attached hydrogens (tertiary/aromatic N) is 3. The van der Waals surface area contributed by atoms with Crippen LogP contribution in [-0.2, 0) is 11.2 Å². The first-order valence-electron chi connectivity index (χ1n) is 9.36. The molecule has 2 atom stereocenters.